The molecule has 0 saturated carbocycles. The Balaban J connectivity index is 0.000000198. The van der Waals surface area contributed by atoms with Crippen molar-refractivity contribution in [3.8, 4) is 22.9 Å². The Morgan fingerprint density at radius 3 is 1.57 bits per heavy atom. The van der Waals surface area contributed by atoms with Crippen LogP contribution in [0.5, 0.6) is 0 Å². The number of hydrogen-bond acceptors (Lipinski definition) is 7. The number of hydrogen-bond donors (Lipinski definition) is 1. The highest BCUT2D eigenvalue weighted by atomic mass is 35.7. The summed E-state index contributed by atoms with van der Waals surface area (Å²) in [4.78, 5) is 7.99. The van der Waals surface area contributed by atoms with E-state index in [9.17, 15) is 8.42 Å². The molecule has 2 N–H and O–H groups in total. The SMILES string of the molecule is Cl.Nc1ccc(-c2ncco2)cc1.O=S(=O)(Cl)c1ccc(-c2ncco2)cc1. The van der Waals surface area contributed by atoms with E-state index in [0.29, 0.717) is 17.3 Å². The Labute approximate surface area is 172 Å². The van der Waals surface area contributed by atoms with Crippen molar-refractivity contribution in [1.29, 1.82) is 0 Å². The number of oxazole rings is 2. The maximum Gasteiger partial charge on any atom is 0.261 e. The van der Waals surface area contributed by atoms with Crippen LogP contribution in [0.2, 0.25) is 0 Å². The van der Waals surface area contributed by atoms with Gasteiger partial charge in [0, 0.05) is 27.5 Å². The van der Waals surface area contributed by atoms with E-state index in [0.717, 1.165) is 11.3 Å². The van der Waals surface area contributed by atoms with Crippen molar-refractivity contribution in [3.63, 3.8) is 0 Å². The van der Waals surface area contributed by atoms with Crippen LogP contribution in [0, 0.1) is 0 Å². The highest BCUT2D eigenvalue weighted by Crippen LogP contribution is 2.21. The maximum atomic E-state index is 11.0. The summed E-state index contributed by atoms with van der Waals surface area (Å²) in [7, 11) is 1.50. The smallest absolute Gasteiger partial charge is 0.261 e. The maximum absolute atomic E-state index is 11.0. The summed E-state index contributed by atoms with van der Waals surface area (Å²) in [5.74, 6) is 1.06. The largest absolute Gasteiger partial charge is 0.445 e. The minimum atomic E-state index is -3.67. The molecule has 2 heterocycles. The van der Waals surface area contributed by atoms with Gasteiger partial charge < -0.3 is 14.6 Å². The zero-order chi connectivity index (χ0) is 19.3. The molecule has 0 saturated heterocycles. The van der Waals surface area contributed by atoms with Crippen LogP contribution >= 0.6 is 23.1 Å². The van der Waals surface area contributed by atoms with E-state index >= 15 is 0 Å². The van der Waals surface area contributed by atoms with E-state index < -0.39 is 9.05 Å². The molecular weight excluding hydrogens is 425 g/mol. The van der Waals surface area contributed by atoms with Crippen LogP contribution in [-0.4, -0.2) is 18.4 Å². The molecule has 0 bridgehead atoms. The summed E-state index contributed by atoms with van der Waals surface area (Å²) >= 11 is 0. The van der Waals surface area contributed by atoms with Gasteiger partial charge in [0.1, 0.15) is 12.5 Å². The second kappa shape index (κ2) is 9.41. The van der Waals surface area contributed by atoms with Gasteiger partial charge in [0.2, 0.25) is 11.8 Å². The van der Waals surface area contributed by atoms with Gasteiger partial charge in [0.15, 0.2) is 0 Å². The van der Waals surface area contributed by atoms with Crippen LogP contribution < -0.4 is 5.73 Å². The van der Waals surface area contributed by atoms with Crippen LogP contribution in [0.3, 0.4) is 0 Å². The molecule has 0 amide bonds. The second-order valence-electron chi connectivity index (χ2n) is 5.26. The fourth-order valence-electron chi connectivity index (χ4n) is 2.12. The van der Waals surface area contributed by atoms with Gasteiger partial charge >= 0.3 is 0 Å². The van der Waals surface area contributed by atoms with Crippen molar-refractivity contribution in [2.45, 2.75) is 4.90 Å². The Kier molecular flexibility index (Phi) is 7.22. The Morgan fingerprint density at radius 2 is 1.21 bits per heavy atom. The third-order valence-electron chi connectivity index (χ3n) is 3.41. The lowest BCUT2D eigenvalue weighted by atomic mass is 10.2. The molecule has 146 valence electrons. The quantitative estimate of drug-likeness (QED) is 0.366. The fourth-order valence-corrected chi connectivity index (χ4v) is 2.89. The normalized spacial score (nSPS) is 10.5. The van der Waals surface area contributed by atoms with Gasteiger partial charge in [-0.25, -0.2) is 18.4 Å². The number of aromatic nitrogens is 2. The molecule has 0 unspecified atom stereocenters. The third kappa shape index (κ3) is 5.59. The lowest BCUT2D eigenvalue weighted by Gasteiger charge is -1.97. The number of anilines is 1. The first-order chi connectivity index (χ1) is 12.9. The van der Waals surface area contributed by atoms with Gasteiger partial charge in [-0.3, -0.25) is 0 Å². The first-order valence-corrected chi connectivity index (χ1v) is 9.94. The van der Waals surface area contributed by atoms with E-state index in [2.05, 4.69) is 9.97 Å². The molecule has 0 aliphatic heterocycles. The topological polar surface area (TPSA) is 112 Å². The lowest BCUT2D eigenvalue weighted by Crippen LogP contribution is -1.89. The molecule has 7 nitrogen and oxygen atoms in total. The average molecular weight is 440 g/mol. The first-order valence-electron chi connectivity index (χ1n) is 7.63. The monoisotopic (exact) mass is 439 g/mol. The zero-order valence-corrected chi connectivity index (χ0v) is 16.6. The van der Waals surface area contributed by atoms with Crippen molar-refractivity contribution in [2.75, 3.05) is 5.73 Å². The summed E-state index contributed by atoms with van der Waals surface area (Å²) in [5, 5.41) is 0. The second-order valence-corrected chi connectivity index (χ2v) is 7.82. The highest BCUT2D eigenvalue weighted by molar-refractivity contribution is 8.13. The minimum Gasteiger partial charge on any atom is -0.445 e. The standard InChI is InChI=1S/C9H6ClNO3S.C9H8N2O.ClH/c10-15(12,13)8-3-1-7(2-4-8)9-11-5-6-14-9;10-8-3-1-7(2-4-8)9-11-5-6-12-9;/h1-6H;1-6H,10H2;1H. The third-order valence-corrected chi connectivity index (χ3v) is 4.77. The molecule has 10 heteroatoms. The van der Waals surface area contributed by atoms with Gasteiger partial charge in [0.25, 0.3) is 9.05 Å². The number of halogens is 2. The summed E-state index contributed by atoms with van der Waals surface area (Å²) in [6.45, 7) is 0. The summed E-state index contributed by atoms with van der Waals surface area (Å²) in [6, 6.07) is 13.4. The summed E-state index contributed by atoms with van der Waals surface area (Å²) in [5.41, 5.74) is 7.91. The molecule has 28 heavy (non-hydrogen) atoms. The Hall–Kier alpha value is -2.81. The molecule has 2 aromatic heterocycles. The van der Waals surface area contributed by atoms with Gasteiger partial charge in [-0.15, -0.1) is 12.4 Å². The van der Waals surface area contributed by atoms with Gasteiger partial charge in [-0.1, -0.05) is 0 Å². The van der Waals surface area contributed by atoms with Crippen molar-refractivity contribution < 1.29 is 17.3 Å². The van der Waals surface area contributed by atoms with E-state index in [-0.39, 0.29) is 17.3 Å². The van der Waals surface area contributed by atoms with Crippen LogP contribution in [0.25, 0.3) is 22.9 Å². The molecule has 0 atom stereocenters. The van der Waals surface area contributed by atoms with Crippen molar-refractivity contribution in [2.24, 2.45) is 0 Å². The van der Waals surface area contributed by atoms with Gasteiger partial charge in [-0.2, -0.15) is 0 Å². The van der Waals surface area contributed by atoms with Gasteiger partial charge in [-0.05, 0) is 48.5 Å². The van der Waals surface area contributed by atoms with Crippen LogP contribution in [0.15, 0.2) is 87.2 Å². The fraction of sp³-hybridized carbons (Fsp3) is 0. The molecule has 0 fully saturated rings. The van der Waals surface area contributed by atoms with Crippen LogP contribution in [0.4, 0.5) is 5.69 Å². The predicted octanol–water partition coefficient (Wildman–Crippen LogP) is 4.61. The van der Waals surface area contributed by atoms with Crippen molar-refractivity contribution >= 4 is 37.8 Å². The summed E-state index contributed by atoms with van der Waals surface area (Å²) in [6.07, 6.45) is 6.13. The molecule has 4 aromatic rings. The molecule has 0 spiro atoms. The van der Waals surface area contributed by atoms with Crippen molar-refractivity contribution in [1.82, 2.24) is 9.97 Å². The number of nitrogen functional groups attached to an aromatic ring is 1. The van der Waals surface area contributed by atoms with E-state index in [1.165, 1.54) is 24.6 Å². The van der Waals surface area contributed by atoms with E-state index in [4.69, 9.17) is 25.3 Å². The molecule has 0 aliphatic carbocycles. The first kappa shape index (κ1) is 21.5. The van der Waals surface area contributed by atoms with E-state index in [1.807, 2.05) is 24.3 Å². The molecular formula is C18H15Cl2N3O4S. The minimum absolute atomic E-state index is 0. The average Bonchev–Trinajstić information content (AvgIpc) is 3.36. The predicted molar refractivity (Wildman–Crippen MR) is 109 cm³/mol. The molecule has 4 rings (SSSR count). The Bertz CT molecular complexity index is 1080. The number of rotatable bonds is 3. The summed E-state index contributed by atoms with van der Waals surface area (Å²) < 4.78 is 32.1. The van der Waals surface area contributed by atoms with Crippen LogP contribution in [0.1, 0.15) is 0 Å². The number of nitrogens with two attached hydrogens (primary N) is 1. The highest BCUT2D eigenvalue weighted by Gasteiger charge is 2.10. The Morgan fingerprint density at radius 1 is 0.786 bits per heavy atom. The lowest BCUT2D eigenvalue weighted by molar-refractivity contribution is 0.574. The molecule has 2 aromatic carbocycles. The number of benzene rings is 2. The van der Waals surface area contributed by atoms with Gasteiger partial charge in [0.05, 0.1) is 17.3 Å². The number of nitrogens with zero attached hydrogens (tertiary/aromatic N) is 2. The zero-order valence-electron chi connectivity index (χ0n) is 14.2. The molecule has 0 aliphatic rings. The van der Waals surface area contributed by atoms with E-state index in [1.54, 1.807) is 24.6 Å². The molecule has 0 radical (unpaired) electrons. The van der Waals surface area contributed by atoms with Crippen LogP contribution in [-0.2, 0) is 9.05 Å². The van der Waals surface area contributed by atoms with Crippen molar-refractivity contribution in [3.05, 3.63) is 73.5 Å².